The number of nitrogens with zero attached hydrogens (tertiary/aromatic N) is 2. The highest BCUT2D eigenvalue weighted by atomic mass is 32.1. The van der Waals surface area contributed by atoms with Crippen LogP contribution in [0.25, 0.3) is 17.3 Å². The molecule has 0 unspecified atom stereocenters. The molecule has 9 heteroatoms. The van der Waals surface area contributed by atoms with Gasteiger partial charge in [0.15, 0.2) is 3.95 Å². The van der Waals surface area contributed by atoms with Crippen LogP contribution in [0.15, 0.2) is 41.4 Å². The molecule has 1 aliphatic rings. The van der Waals surface area contributed by atoms with Gasteiger partial charge in [0.2, 0.25) is 5.88 Å². The maximum absolute atomic E-state index is 11.1. The smallest absolute Gasteiger partial charge is 0.339 e. The Hall–Kier alpha value is -3.43. The van der Waals surface area contributed by atoms with E-state index in [0.717, 1.165) is 16.8 Å². The molecule has 2 heterocycles. The molecule has 146 valence electrons. The van der Waals surface area contributed by atoms with Crippen LogP contribution in [0.2, 0.25) is 0 Å². The normalized spacial score (nSPS) is 13.6. The van der Waals surface area contributed by atoms with Crippen molar-refractivity contribution in [3.8, 4) is 23.1 Å². The van der Waals surface area contributed by atoms with Crippen LogP contribution in [0.3, 0.4) is 0 Å². The summed E-state index contributed by atoms with van der Waals surface area (Å²) in [6.07, 6.45) is 3.47. The van der Waals surface area contributed by atoms with Crippen molar-refractivity contribution in [2.45, 2.75) is 0 Å². The molecule has 3 aromatic rings. The van der Waals surface area contributed by atoms with E-state index in [4.69, 9.17) is 22.1 Å². The van der Waals surface area contributed by atoms with E-state index in [1.54, 1.807) is 19.4 Å². The molecule has 0 spiro atoms. The Labute approximate surface area is 174 Å². The minimum Gasteiger partial charge on any atom is -0.507 e. The molecule has 0 atom stereocenters. The number of thiazole rings is 1. The summed E-state index contributed by atoms with van der Waals surface area (Å²) in [5.41, 5.74) is 2.59. The van der Waals surface area contributed by atoms with Crippen molar-refractivity contribution in [1.29, 1.82) is 0 Å². The van der Waals surface area contributed by atoms with Crippen molar-refractivity contribution in [3.63, 3.8) is 0 Å². The monoisotopic (exact) mass is 426 g/mol. The van der Waals surface area contributed by atoms with Gasteiger partial charge in [-0.2, -0.15) is 0 Å². The molecule has 0 fully saturated rings. The van der Waals surface area contributed by atoms with E-state index >= 15 is 0 Å². The average Bonchev–Trinajstić information content (AvgIpc) is 3.21. The summed E-state index contributed by atoms with van der Waals surface area (Å²) >= 11 is 6.55. The Morgan fingerprint density at radius 3 is 2.72 bits per heavy atom. The van der Waals surface area contributed by atoms with E-state index in [-0.39, 0.29) is 11.4 Å². The minimum atomic E-state index is -1.24. The standard InChI is InChI=1S/C20H14N2O5S2/c1-27-12-3-5-15-14(8-12)10(9-21-15)6-17-18(24)22(20(28)29-17)11-2-4-13(19(25)26)16(23)7-11/h2-9,23-24H,1H3,(H,25,26). The zero-order chi connectivity index (χ0) is 20.7. The van der Waals surface area contributed by atoms with E-state index in [0.29, 0.717) is 20.3 Å². The molecule has 7 nitrogen and oxygen atoms in total. The van der Waals surface area contributed by atoms with Crippen molar-refractivity contribution < 1.29 is 24.9 Å². The van der Waals surface area contributed by atoms with Gasteiger partial charge in [0.25, 0.3) is 0 Å². The quantitative estimate of drug-likeness (QED) is 0.525. The molecule has 3 N–H and O–H groups in total. The van der Waals surface area contributed by atoms with Crippen LogP contribution in [0.1, 0.15) is 20.8 Å². The predicted molar refractivity (Wildman–Crippen MR) is 114 cm³/mol. The highest BCUT2D eigenvalue weighted by molar-refractivity contribution is 7.73. The summed E-state index contributed by atoms with van der Waals surface area (Å²) in [5, 5.41) is 29.7. The van der Waals surface area contributed by atoms with E-state index in [2.05, 4.69) is 4.99 Å². The lowest BCUT2D eigenvalue weighted by atomic mass is 10.1. The Morgan fingerprint density at radius 1 is 1.24 bits per heavy atom. The van der Waals surface area contributed by atoms with Gasteiger partial charge >= 0.3 is 5.97 Å². The van der Waals surface area contributed by atoms with E-state index < -0.39 is 11.7 Å². The van der Waals surface area contributed by atoms with Crippen LogP contribution in [0.5, 0.6) is 17.4 Å². The van der Waals surface area contributed by atoms with Gasteiger partial charge in [0.1, 0.15) is 17.1 Å². The van der Waals surface area contributed by atoms with Gasteiger partial charge in [0, 0.05) is 23.4 Å². The fourth-order valence-electron chi connectivity index (χ4n) is 2.99. The highest BCUT2D eigenvalue weighted by Gasteiger charge is 2.18. The summed E-state index contributed by atoms with van der Waals surface area (Å²) in [4.78, 5) is 16.0. The number of fused-ring (bicyclic) bond motifs is 1. The largest absolute Gasteiger partial charge is 0.507 e. The lowest BCUT2D eigenvalue weighted by Crippen LogP contribution is -1.99. The SMILES string of the molecule is COc1ccc2c(c1)C(=Cc1sc(=S)n(-c3ccc(C(=O)O)c(O)c3)c1O)C=N2. The molecule has 0 amide bonds. The van der Waals surface area contributed by atoms with Gasteiger partial charge in [-0.25, -0.2) is 4.79 Å². The molecular formula is C20H14N2O5S2. The molecule has 0 saturated carbocycles. The van der Waals surface area contributed by atoms with E-state index in [1.165, 1.54) is 34.1 Å². The third-order valence-electron chi connectivity index (χ3n) is 4.43. The van der Waals surface area contributed by atoms with Crippen LogP contribution >= 0.6 is 23.6 Å². The zero-order valence-corrected chi connectivity index (χ0v) is 16.6. The first-order chi connectivity index (χ1) is 13.9. The number of aliphatic imine (C=N–C) groups is 1. The van der Waals surface area contributed by atoms with Crippen LogP contribution in [-0.4, -0.2) is 39.2 Å². The molecule has 0 saturated heterocycles. The van der Waals surface area contributed by atoms with Gasteiger partial charge in [-0.3, -0.25) is 9.56 Å². The van der Waals surface area contributed by atoms with Gasteiger partial charge < -0.3 is 20.1 Å². The number of hydrogen-bond acceptors (Lipinski definition) is 7. The third kappa shape index (κ3) is 3.30. The molecular weight excluding hydrogens is 412 g/mol. The average molecular weight is 426 g/mol. The highest BCUT2D eigenvalue weighted by Crippen LogP contribution is 2.38. The van der Waals surface area contributed by atoms with Crippen LogP contribution in [0, 0.1) is 3.95 Å². The van der Waals surface area contributed by atoms with E-state index in [1.807, 2.05) is 18.2 Å². The van der Waals surface area contributed by atoms with Gasteiger partial charge in [-0.15, -0.1) is 11.3 Å². The number of aromatic carboxylic acids is 1. The number of carbonyl (C=O) groups is 1. The Bertz CT molecular complexity index is 1270. The number of methoxy groups -OCH3 is 1. The maximum atomic E-state index is 11.1. The fourth-order valence-corrected chi connectivity index (χ4v) is 4.30. The number of rotatable bonds is 4. The Balaban J connectivity index is 1.78. The summed E-state index contributed by atoms with van der Waals surface area (Å²) in [6.45, 7) is 0. The number of aromatic hydroxyl groups is 2. The van der Waals surface area contributed by atoms with Gasteiger partial charge in [-0.1, -0.05) is 0 Å². The Kier molecular flexibility index (Phi) is 4.69. The van der Waals surface area contributed by atoms with Crippen molar-refractivity contribution >= 4 is 53.1 Å². The summed E-state index contributed by atoms with van der Waals surface area (Å²) in [6, 6.07) is 9.52. The second kappa shape index (κ2) is 7.19. The first kappa shape index (κ1) is 18.9. The van der Waals surface area contributed by atoms with Crippen molar-refractivity contribution in [2.75, 3.05) is 7.11 Å². The second-order valence-corrected chi connectivity index (χ2v) is 7.81. The van der Waals surface area contributed by atoms with Crippen molar-refractivity contribution in [1.82, 2.24) is 4.57 Å². The number of benzene rings is 2. The number of phenols is 1. The van der Waals surface area contributed by atoms with Crippen molar-refractivity contribution in [3.05, 3.63) is 56.4 Å². The fraction of sp³-hybridized carbons (Fsp3) is 0.0500. The molecule has 0 radical (unpaired) electrons. The topological polar surface area (TPSA) is 104 Å². The summed E-state index contributed by atoms with van der Waals surface area (Å²) < 4.78 is 6.98. The summed E-state index contributed by atoms with van der Waals surface area (Å²) in [5.74, 6) is -1.07. The molecule has 0 bridgehead atoms. The number of carboxylic acids is 1. The lowest BCUT2D eigenvalue weighted by molar-refractivity contribution is 0.0693. The number of allylic oxidation sites excluding steroid dienone is 1. The molecule has 0 aliphatic carbocycles. The third-order valence-corrected chi connectivity index (χ3v) is 5.74. The molecule has 29 heavy (non-hydrogen) atoms. The molecule has 2 aromatic carbocycles. The molecule has 4 rings (SSSR count). The lowest BCUT2D eigenvalue weighted by Gasteiger charge is -2.07. The second-order valence-electron chi connectivity index (χ2n) is 6.14. The van der Waals surface area contributed by atoms with Crippen molar-refractivity contribution in [2.24, 2.45) is 4.99 Å². The maximum Gasteiger partial charge on any atom is 0.339 e. The minimum absolute atomic E-state index is 0.111. The number of hydrogen-bond donors (Lipinski definition) is 3. The van der Waals surface area contributed by atoms with Gasteiger partial charge in [-0.05, 0) is 48.6 Å². The predicted octanol–water partition coefficient (Wildman–Crippen LogP) is 4.64. The van der Waals surface area contributed by atoms with Crippen LogP contribution in [-0.2, 0) is 0 Å². The molecule has 1 aromatic heterocycles. The Morgan fingerprint density at radius 2 is 2.03 bits per heavy atom. The van der Waals surface area contributed by atoms with Gasteiger partial charge in [0.05, 0.1) is 23.4 Å². The first-order valence-corrected chi connectivity index (χ1v) is 9.57. The van der Waals surface area contributed by atoms with Crippen LogP contribution < -0.4 is 4.74 Å². The first-order valence-electron chi connectivity index (χ1n) is 8.34. The zero-order valence-electron chi connectivity index (χ0n) is 15.0. The van der Waals surface area contributed by atoms with Crippen LogP contribution in [0.4, 0.5) is 5.69 Å². The number of ether oxygens (including phenoxy) is 1. The number of carboxylic acid groups (broad SMARTS) is 1. The summed E-state index contributed by atoms with van der Waals surface area (Å²) in [7, 11) is 1.59. The number of aromatic nitrogens is 1. The van der Waals surface area contributed by atoms with E-state index in [9.17, 15) is 15.0 Å². The molecule has 1 aliphatic heterocycles.